The number of esters is 1. The molecule has 0 fully saturated rings. The van der Waals surface area contributed by atoms with Gasteiger partial charge >= 0.3 is 5.97 Å². The van der Waals surface area contributed by atoms with Crippen LogP contribution in [0.15, 0.2) is 35.0 Å². The summed E-state index contributed by atoms with van der Waals surface area (Å²) >= 11 is 2.92. The Morgan fingerprint density at radius 1 is 1.12 bits per heavy atom. The van der Waals surface area contributed by atoms with Crippen LogP contribution in [0.5, 0.6) is 0 Å². The van der Waals surface area contributed by atoms with Gasteiger partial charge < -0.3 is 15.4 Å². The van der Waals surface area contributed by atoms with Crippen LogP contribution in [-0.4, -0.2) is 37.0 Å². The number of rotatable bonds is 8. The molecule has 2 N–H and O–H groups in total. The molecule has 0 aliphatic rings. The van der Waals surface area contributed by atoms with E-state index in [1.165, 1.54) is 22.7 Å². The SMILES string of the molecule is CC(C)NC(=O)CNC(=O)COC(=O)/C(=C/c1cccs1)c1cccs1. The lowest BCUT2D eigenvalue weighted by molar-refractivity contribution is -0.143. The van der Waals surface area contributed by atoms with Gasteiger partial charge in [0.05, 0.1) is 12.1 Å². The molecule has 2 aromatic rings. The van der Waals surface area contributed by atoms with Gasteiger partial charge in [-0.15, -0.1) is 22.7 Å². The average Bonchev–Trinajstić information content (AvgIpc) is 3.28. The van der Waals surface area contributed by atoms with Gasteiger partial charge in [-0.3, -0.25) is 9.59 Å². The number of ether oxygens (including phenoxy) is 1. The highest BCUT2D eigenvalue weighted by molar-refractivity contribution is 7.12. The quantitative estimate of drug-likeness (QED) is 0.534. The number of hydrogen-bond acceptors (Lipinski definition) is 6. The van der Waals surface area contributed by atoms with Gasteiger partial charge in [0, 0.05) is 15.8 Å². The van der Waals surface area contributed by atoms with E-state index >= 15 is 0 Å². The molecule has 0 radical (unpaired) electrons. The van der Waals surface area contributed by atoms with Gasteiger partial charge in [-0.05, 0) is 42.8 Å². The van der Waals surface area contributed by atoms with Crippen LogP contribution >= 0.6 is 22.7 Å². The molecule has 26 heavy (non-hydrogen) atoms. The Morgan fingerprint density at radius 3 is 2.46 bits per heavy atom. The molecule has 8 heteroatoms. The Balaban J connectivity index is 1.92. The van der Waals surface area contributed by atoms with Crippen molar-refractivity contribution in [3.8, 4) is 0 Å². The van der Waals surface area contributed by atoms with E-state index in [-0.39, 0.29) is 18.5 Å². The lowest BCUT2D eigenvalue weighted by Gasteiger charge is -2.10. The molecule has 6 nitrogen and oxygen atoms in total. The average molecular weight is 393 g/mol. The number of carbonyl (C=O) groups excluding carboxylic acids is 3. The van der Waals surface area contributed by atoms with E-state index in [0.29, 0.717) is 5.57 Å². The van der Waals surface area contributed by atoms with Crippen molar-refractivity contribution in [3.63, 3.8) is 0 Å². The van der Waals surface area contributed by atoms with Crippen molar-refractivity contribution in [1.29, 1.82) is 0 Å². The number of nitrogens with one attached hydrogen (secondary N) is 2. The standard InChI is InChI=1S/C18H20N2O4S2/c1-12(2)20-16(21)10-19-17(22)11-24-18(23)14(15-6-4-8-26-15)9-13-5-3-7-25-13/h3-9,12H,10-11H2,1-2H3,(H,19,22)(H,20,21)/b14-9+. The van der Waals surface area contributed by atoms with Crippen LogP contribution in [0, 0.1) is 0 Å². The molecule has 0 saturated heterocycles. The predicted molar refractivity (Wildman–Crippen MR) is 104 cm³/mol. The highest BCUT2D eigenvalue weighted by Crippen LogP contribution is 2.25. The maximum Gasteiger partial charge on any atom is 0.340 e. The highest BCUT2D eigenvalue weighted by atomic mass is 32.1. The minimum Gasteiger partial charge on any atom is -0.452 e. The lowest BCUT2D eigenvalue weighted by atomic mass is 10.2. The van der Waals surface area contributed by atoms with Crippen molar-refractivity contribution in [2.45, 2.75) is 19.9 Å². The third-order valence-corrected chi connectivity index (χ3v) is 4.79. The van der Waals surface area contributed by atoms with Gasteiger partial charge in [0.25, 0.3) is 5.91 Å². The minimum atomic E-state index is -0.581. The van der Waals surface area contributed by atoms with Crippen LogP contribution in [0.3, 0.4) is 0 Å². The summed E-state index contributed by atoms with van der Waals surface area (Å²) in [5, 5.41) is 8.86. The second-order valence-corrected chi connectivity index (χ2v) is 7.55. The molecule has 0 unspecified atom stereocenters. The molecule has 0 bridgehead atoms. The molecule has 0 atom stereocenters. The van der Waals surface area contributed by atoms with E-state index in [0.717, 1.165) is 9.75 Å². The number of amides is 2. The van der Waals surface area contributed by atoms with E-state index in [9.17, 15) is 14.4 Å². The van der Waals surface area contributed by atoms with E-state index in [1.54, 1.807) is 6.08 Å². The molecular formula is C18H20N2O4S2. The number of hydrogen-bond donors (Lipinski definition) is 2. The summed E-state index contributed by atoms with van der Waals surface area (Å²) in [7, 11) is 0. The summed E-state index contributed by atoms with van der Waals surface area (Å²) in [6, 6.07) is 7.44. The van der Waals surface area contributed by atoms with Crippen molar-refractivity contribution < 1.29 is 19.1 Å². The number of thiophene rings is 2. The van der Waals surface area contributed by atoms with Crippen LogP contribution in [0.2, 0.25) is 0 Å². The van der Waals surface area contributed by atoms with Crippen LogP contribution in [0.4, 0.5) is 0 Å². The van der Waals surface area contributed by atoms with Crippen LogP contribution < -0.4 is 10.6 Å². The van der Waals surface area contributed by atoms with E-state index < -0.39 is 18.5 Å². The van der Waals surface area contributed by atoms with Gasteiger partial charge in [-0.2, -0.15) is 0 Å². The fourth-order valence-electron chi connectivity index (χ4n) is 1.99. The molecular weight excluding hydrogens is 372 g/mol. The minimum absolute atomic E-state index is 0.00651. The molecule has 0 aromatic carbocycles. The summed E-state index contributed by atoms with van der Waals surface area (Å²) in [4.78, 5) is 37.4. The molecule has 0 saturated carbocycles. The monoisotopic (exact) mass is 392 g/mol. The first-order chi connectivity index (χ1) is 12.5. The van der Waals surface area contributed by atoms with E-state index in [1.807, 2.05) is 48.9 Å². The first-order valence-electron chi connectivity index (χ1n) is 7.98. The summed E-state index contributed by atoms with van der Waals surface area (Å²) in [5.41, 5.74) is 0.396. The number of carbonyl (C=O) groups is 3. The topological polar surface area (TPSA) is 84.5 Å². The summed E-state index contributed by atoms with van der Waals surface area (Å²) in [6.07, 6.45) is 1.74. The Morgan fingerprint density at radius 2 is 1.85 bits per heavy atom. The summed E-state index contributed by atoms with van der Waals surface area (Å²) in [5.74, 6) is -1.40. The summed E-state index contributed by atoms with van der Waals surface area (Å²) < 4.78 is 5.11. The van der Waals surface area contributed by atoms with Gasteiger partial charge in [0.2, 0.25) is 5.91 Å². The molecule has 2 amide bonds. The van der Waals surface area contributed by atoms with E-state index in [4.69, 9.17) is 4.74 Å². The maximum absolute atomic E-state index is 12.4. The Kier molecular flexibility index (Phi) is 7.55. The van der Waals surface area contributed by atoms with E-state index in [2.05, 4.69) is 10.6 Å². The van der Waals surface area contributed by atoms with Crippen molar-refractivity contribution in [1.82, 2.24) is 10.6 Å². The van der Waals surface area contributed by atoms with Gasteiger partial charge in [-0.1, -0.05) is 12.1 Å². The zero-order chi connectivity index (χ0) is 18.9. The zero-order valence-electron chi connectivity index (χ0n) is 14.5. The van der Waals surface area contributed by atoms with Crippen LogP contribution in [0.25, 0.3) is 11.6 Å². The molecule has 0 aliphatic heterocycles. The largest absolute Gasteiger partial charge is 0.452 e. The lowest BCUT2D eigenvalue weighted by Crippen LogP contribution is -2.41. The highest BCUT2D eigenvalue weighted by Gasteiger charge is 2.17. The molecule has 2 heterocycles. The van der Waals surface area contributed by atoms with Crippen molar-refractivity contribution in [3.05, 3.63) is 44.8 Å². The second-order valence-electron chi connectivity index (χ2n) is 5.63. The molecule has 0 spiro atoms. The normalized spacial score (nSPS) is 11.3. The zero-order valence-corrected chi connectivity index (χ0v) is 16.1. The summed E-state index contributed by atoms with van der Waals surface area (Å²) in [6.45, 7) is 3.05. The van der Waals surface area contributed by atoms with Crippen LogP contribution in [0.1, 0.15) is 23.6 Å². The van der Waals surface area contributed by atoms with Gasteiger partial charge in [0.15, 0.2) is 6.61 Å². The fraction of sp³-hybridized carbons (Fsp3) is 0.278. The second kappa shape index (κ2) is 9.88. The third kappa shape index (κ3) is 6.45. The maximum atomic E-state index is 12.4. The fourth-order valence-corrected chi connectivity index (χ4v) is 3.38. The Bertz CT molecular complexity index is 765. The smallest absolute Gasteiger partial charge is 0.340 e. The van der Waals surface area contributed by atoms with Crippen molar-refractivity contribution in [2.75, 3.05) is 13.2 Å². The first kappa shape index (κ1) is 19.9. The van der Waals surface area contributed by atoms with Gasteiger partial charge in [-0.25, -0.2) is 4.79 Å². The molecule has 2 aromatic heterocycles. The predicted octanol–water partition coefficient (Wildman–Crippen LogP) is 2.53. The molecule has 138 valence electrons. The Labute approximate surface area is 159 Å². The molecule has 2 rings (SSSR count). The van der Waals surface area contributed by atoms with Gasteiger partial charge in [0.1, 0.15) is 0 Å². The van der Waals surface area contributed by atoms with Crippen molar-refractivity contribution in [2.24, 2.45) is 0 Å². The first-order valence-corrected chi connectivity index (χ1v) is 9.74. The van der Waals surface area contributed by atoms with Crippen molar-refractivity contribution >= 4 is 52.1 Å². The molecule has 0 aliphatic carbocycles. The van der Waals surface area contributed by atoms with Crippen LogP contribution in [-0.2, 0) is 19.1 Å². The Hall–Kier alpha value is -2.45. The third-order valence-electron chi connectivity index (χ3n) is 3.07.